The summed E-state index contributed by atoms with van der Waals surface area (Å²) in [6.45, 7) is 5.70. The zero-order chi connectivity index (χ0) is 18.0. The van der Waals surface area contributed by atoms with Gasteiger partial charge in [-0.15, -0.1) is 6.58 Å². The van der Waals surface area contributed by atoms with Crippen LogP contribution >= 0.6 is 0 Å². The third kappa shape index (κ3) is 3.18. The second-order valence-corrected chi connectivity index (χ2v) is 5.88. The predicted molar refractivity (Wildman–Crippen MR) is 93.9 cm³/mol. The number of Topliss-reactive ketones (excluding diaryl/α,β-unsaturated/α-hetero) is 1. The molecule has 0 radical (unpaired) electrons. The highest BCUT2D eigenvalue weighted by atomic mass is 16.7. The highest BCUT2D eigenvalue weighted by molar-refractivity contribution is 6.01. The number of carbonyl (C=O) groups excluding carboxylic acids is 1. The summed E-state index contributed by atoms with van der Waals surface area (Å²) in [5, 5.41) is 10.2. The first kappa shape index (κ1) is 16.9. The first-order chi connectivity index (χ1) is 12.0. The summed E-state index contributed by atoms with van der Waals surface area (Å²) in [6.07, 6.45) is 2.18. The first-order valence-electron chi connectivity index (χ1n) is 7.99. The number of rotatable bonds is 6. The van der Waals surface area contributed by atoms with Crippen LogP contribution in [0.1, 0.15) is 34.3 Å². The third-order valence-corrected chi connectivity index (χ3v) is 4.31. The second-order valence-electron chi connectivity index (χ2n) is 5.88. The molecular weight excluding hydrogens is 320 g/mol. The Morgan fingerprint density at radius 2 is 2.08 bits per heavy atom. The molecule has 0 unspecified atom stereocenters. The van der Waals surface area contributed by atoms with Crippen molar-refractivity contribution in [2.24, 2.45) is 0 Å². The smallest absolute Gasteiger partial charge is 0.231 e. The number of aromatic hydroxyl groups is 1. The molecule has 0 aromatic heterocycles. The number of carbonyl (C=O) groups is 1. The van der Waals surface area contributed by atoms with E-state index in [4.69, 9.17) is 14.2 Å². The molecular formula is C20H20O5. The maximum atomic E-state index is 12.9. The Hall–Kier alpha value is -2.95. The van der Waals surface area contributed by atoms with Gasteiger partial charge in [0, 0.05) is 17.0 Å². The fourth-order valence-electron chi connectivity index (χ4n) is 2.86. The number of phenols is 1. The summed E-state index contributed by atoms with van der Waals surface area (Å²) >= 11 is 0. The maximum Gasteiger partial charge on any atom is 0.231 e. The van der Waals surface area contributed by atoms with Gasteiger partial charge in [0.25, 0.3) is 0 Å². The van der Waals surface area contributed by atoms with Crippen molar-refractivity contribution in [2.75, 3.05) is 13.9 Å². The van der Waals surface area contributed by atoms with E-state index < -0.39 is 5.92 Å². The van der Waals surface area contributed by atoms with Gasteiger partial charge in [0.2, 0.25) is 6.79 Å². The summed E-state index contributed by atoms with van der Waals surface area (Å²) in [5.74, 6) is 1.19. The number of fused-ring (bicyclic) bond motifs is 1. The van der Waals surface area contributed by atoms with Gasteiger partial charge in [-0.2, -0.15) is 0 Å². The monoisotopic (exact) mass is 340 g/mol. The highest BCUT2D eigenvalue weighted by Gasteiger charge is 2.23. The lowest BCUT2D eigenvalue weighted by atomic mass is 9.90. The van der Waals surface area contributed by atoms with E-state index in [1.165, 1.54) is 7.11 Å². The molecule has 0 spiro atoms. The molecule has 0 saturated heterocycles. The van der Waals surface area contributed by atoms with Crippen molar-refractivity contribution in [3.63, 3.8) is 0 Å². The van der Waals surface area contributed by atoms with Crippen LogP contribution in [0, 0.1) is 0 Å². The number of ether oxygens (including phenoxy) is 3. The maximum absolute atomic E-state index is 12.9. The summed E-state index contributed by atoms with van der Waals surface area (Å²) in [5.41, 5.74) is 2.00. The molecule has 1 heterocycles. The van der Waals surface area contributed by atoms with Crippen molar-refractivity contribution in [3.8, 4) is 23.0 Å². The van der Waals surface area contributed by atoms with Crippen molar-refractivity contribution in [3.05, 3.63) is 59.7 Å². The van der Waals surface area contributed by atoms with Crippen molar-refractivity contribution in [1.29, 1.82) is 0 Å². The Labute approximate surface area is 146 Å². The predicted octanol–water partition coefficient (Wildman–Crippen LogP) is 3.84. The Morgan fingerprint density at radius 3 is 2.80 bits per heavy atom. The number of hydrogen-bond acceptors (Lipinski definition) is 5. The molecule has 5 heteroatoms. The zero-order valence-electron chi connectivity index (χ0n) is 14.2. The fourth-order valence-corrected chi connectivity index (χ4v) is 2.86. The number of benzene rings is 2. The summed E-state index contributed by atoms with van der Waals surface area (Å²) in [7, 11) is 1.49. The van der Waals surface area contributed by atoms with Crippen LogP contribution in [0.2, 0.25) is 0 Å². The van der Waals surface area contributed by atoms with Crippen LogP contribution in [0.4, 0.5) is 0 Å². The van der Waals surface area contributed by atoms with Crippen LogP contribution in [0.5, 0.6) is 23.0 Å². The minimum Gasteiger partial charge on any atom is -0.504 e. The third-order valence-electron chi connectivity index (χ3n) is 4.31. The molecule has 1 atom stereocenters. The number of methoxy groups -OCH3 is 1. The number of phenolic OH excluding ortho intramolecular Hbond substituents is 1. The average molecular weight is 340 g/mol. The number of hydrogen-bond donors (Lipinski definition) is 1. The van der Waals surface area contributed by atoms with Crippen LogP contribution in [-0.4, -0.2) is 24.8 Å². The van der Waals surface area contributed by atoms with E-state index in [1.807, 2.05) is 13.0 Å². The van der Waals surface area contributed by atoms with E-state index in [0.29, 0.717) is 34.8 Å². The molecule has 0 amide bonds. The Balaban J connectivity index is 1.94. The van der Waals surface area contributed by atoms with Crippen molar-refractivity contribution < 1.29 is 24.1 Å². The van der Waals surface area contributed by atoms with Crippen molar-refractivity contribution in [2.45, 2.75) is 19.3 Å². The molecule has 2 aromatic rings. The standard InChI is InChI=1S/C20H20O5/c1-4-5-13-8-15(10-18(23-3)20(13)22)12(2)19(21)14-6-7-16-17(9-14)25-11-24-16/h4,6-10,12,22H,1,5,11H2,2-3H3/t12-/m1/s1. The van der Waals surface area contributed by atoms with Crippen LogP contribution in [0.25, 0.3) is 0 Å². The van der Waals surface area contributed by atoms with Gasteiger partial charge in [-0.1, -0.05) is 19.1 Å². The lowest BCUT2D eigenvalue weighted by Crippen LogP contribution is -2.10. The summed E-state index contributed by atoms with van der Waals surface area (Å²) < 4.78 is 15.9. The average Bonchev–Trinajstić information content (AvgIpc) is 3.10. The minimum absolute atomic E-state index is 0.0457. The van der Waals surface area contributed by atoms with E-state index >= 15 is 0 Å². The second kappa shape index (κ2) is 6.89. The summed E-state index contributed by atoms with van der Waals surface area (Å²) in [6, 6.07) is 8.67. The Kier molecular flexibility index (Phi) is 4.65. The van der Waals surface area contributed by atoms with Gasteiger partial charge < -0.3 is 19.3 Å². The quantitative estimate of drug-likeness (QED) is 0.639. The van der Waals surface area contributed by atoms with E-state index in [9.17, 15) is 9.90 Å². The van der Waals surface area contributed by atoms with Crippen LogP contribution in [-0.2, 0) is 6.42 Å². The largest absolute Gasteiger partial charge is 0.504 e. The molecule has 0 bridgehead atoms. The molecule has 2 aromatic carbocycles. The zero-order valence-corrected chi connectivity index (χ0v) is 14.2. The first-order valence-corrected chi connectivity index (χ1v) is 7.99. The van der Waals surface area contributed by atoms with Crippen LogP contribution < -0.4 is 14.2 Å². The SMILES string of the molecule is C=CCc1cc([C@@H](C)C(=O)c2ccc3c(c2)OCO3)cc(OC)c1O. The van der Waals surface area contributed by atoms with E-state index in [0.717, 1.165) is 5.56 Å². The topological polar surface area (TPSA) is 65.0 Å². The number of ketones is 1. The van der Waals surface area contributed by atoms with Crippen LogP contribution in [0.15, 0.2) is 43.0 Å². The highest BCUT2D eigenvalue weighted by Crippen LogP contribution is 2.37. The minimum atomic E-state index is -0.404. The Bertz CT molecular complexity index is 825. The van der Waals surface area contributed by atoms with E-state index in [-0.39, 0.29) is 18.3 Å². The van der Waals surface area contributed by atoms with Crippen molar-refractivity contribution in [1.82, 2.24) is 0 Å². The van der Waals surface area contributed by atoms with Gasteiger partial charge in [-0.05, 0) is 36.2 Å². The molecule has 5 nitrogen and oxygen atoms in total. The molecule has 1 aliphatic heterocycles. The molecule has 130 valence electrons. The molecule has 1 aliphatic rings. The van der Waals surface area contributed by atoms with Crippen molar-refractivity contribution >= 4 is 5.78 Å². The van der Waals surface area contributed by atoms with E-state index in [1.54, 1.807) is 30.3 Å². The van der Waals surface area contributed by atoms with Gasteiger partial charge >= 0.3 is 0 Å². The molecule has 3 rings (SSSR count). The van der Waals surface area contributed by atoms with Gasteiger partial charge in [-0.3, -0.25) is 4.79 Å². The normalized spacial score (nSPS) is 13.4. The lowest BCUT2D eigenvalue weighted by Gasteiger charge is -2.16. The Morgan fingerprint density at radius 1 is 1.32 bits per heavy atom. The summed E-state index contributed by atoms with van der Waals surface area (Å²) in [4.78, 5) is 12.9. The number of allylic oxidation sites excluding steroid dienone is 1. The van der Waals surface area contributed by atoms with Gasteiger partial charge in [0.1, 0.15) is 0 Å². The van der Waals surface area contributed by atoms with Gasteiger partial charge in [0.05, 0.1) is 7.11 Å². The van der Waals surface area contributed by atoms with Gasteiger partial charge in [0.15, 0.2) is 28.8 Å². The molecule has 25 heavy (non-hydrogen) atoms. The van der Waals surface area contributed by atoms with E-state index in [2.05, 4.69) is 6.58 Å². The lowest BCUT2D eigenvalue weighted by molar-refractivity contribution is 0.0965. The molecule has 0 saturated carbocycles. The van der Waals surface area contributed by atoms with Gasteiger partial charge in [-0.25, -0.2) is 0 Å². The molecule has 0 aliphatic carbocycles. The fraction of sp³-hybridized carbons (Fsp3) is 0.250. The van der Waals surface area contributed by atoms with Crippen LogP contribution in [0.3, 0.4) is 0 Å². The molecule has 0 fully saturated rings. The molecule has 1 N–H and O–H groups in total.